The highest BCUT2D eigenvalue weighted by Gasteiger charge is 2.30. The van der Waals surface area contributed by atoms with E-state index in [-0.39, 0.29) is 4.59 Å². The minimum Gasteiger partial charge on any atom is -0.392 e. The Bertz CT molecular complexity index is 501. The molecule has 2 aliphatic rings. The van der Waals surface area contributed by atoms with Crippen molar-refractivity contribution in [2.75, 3.05) is 64.1 Å². The van der Waals surface area contributed by atoms with Crippen molar-refractivity contribution in [3.8, 4) is 0 Å². The van der Waals surface area contributed by atoms with Gasteiger partial charge in [0.25, 0.3) is 0 Å². The fourth-order valence-electron chi connectivity index (χ4n) is 3.08. The van der Waals surface area contributed by atoms with Crippen molar-refractivity contribution in [2.24, 2.45) is 5.84 Å². The summed E-state index contributed by atoms with van der Waals surface area (Å²) < 4.78 is 5.53. The van der Waals surface area contributed by atoms with Gasteiger partial charge in [-0.05, 0) is 6.07 Å². The van der Waals surface area contributed by atoms with E-state index >= 15 is 0 Å². The molecule has 116 valence electrons. The second kappa shape index (κ2) is 5.46. The van der Waals surface area contributed by atoms with Crippen LogP contribution < -0.4 is 21.1 Å². The van der Waals surface area contributed by atoms with Gasteiger partial charge in [0.1, 0.15) is 5.69 Å². The molecule has 0 saturated carbocycles. The number of piperazine rings is 1. The zero-order valence-electron chi connectivity index (χ0n) is 13.0. The van der Waals surface area contributed by atoms with Crippen LogP contribution in [0.15, 0.2) is 18.2 Å². The Morgan fingerprint density at radius 3 is 2.33 bits per heavy atom. The number of nitrogen functional groups attached to an aromatic ring is 1. The molecule has 4 N–H and O–H groups in total. The first-order valence-corrected chi connectivity index (χ1v) is 7.55. The molecule has 1 aromatic carbocycles. The Labute approximate surface area is 126 Å². The zero-order valence-corrected chi connectivity index (χ0v) is 13.0. The average Bonchev–Trinajstić information content (AvgIpc) is 2.37. The lowest BCUT2D eigenvalue weighted by Crippen LogP contribution is -2.56. The highest BCUT2D eigenvalue weighted by Crippen LogP contribution is 2.34. The SMILES string of the molecule is C[N+](C)(N)c1cccc(N2CCN(C3COC3)CC2)c1N. The number of nitrogens with two attached hydrogens (primary N) is 2. The summed E-state index contributed by atoms with van der Waals surface area (Å²) in [5, 5.41) is 0. The molecular weight excluding hydrogens is 266 g/mol. The van der Waals surface area contributed by atoms with E-state index in [4.69, 9.17) is 16.3 Å². The van der Waals surface area contributed by atoms with E-state index in [1.165, 1.54) is 0 Å². The van der Waals surface area contributed by atoms with Crippen LogP contribution in [0.25, 0.3) is 0 Å². The maximum atomic E-state index is 6.36. The fourth-order valence-corrected chi connectivity index (χ4v) is 3.08. The van der Waals surface area contributed by atoms with E-state index in [1.54, 1.807) is 0 Å². The Hall–Kier alpha value is -1.34. The lowest BCUT2D eigenvalue weighted by molar-refractivity contribution is -0.0660. The molecule has 0 amide bonds. The minimum absolute atomic E-state index is 0.249. The third-order valence-corrected chi connectivity index (χ3v) is 4.47. The van der Waals surface area contributed by atoms with Gasteiger partial charge in [-0.25, -0.2) is 4.59 Å². The summed E-state index contributed by atoms with van der Waals surface area (Å²) >= 11 is 0. The second-order valence-corrected chi connectivity index (χ2v) is 6.46. The number of hydrogen-bond acceptors (Lipinski definition) is 5. The van der Waals surface area contributed by atoms with Gasteiger partial charge in [-0.3, -0.25) is 4.90 Å². The van der Waals surface area contributed by atoms with E-state index in [9.17, 15) is 0 Å². The van der Waals surface area contributed by atoms with Crippen molar-refractivity contribution in [3.63, 3.8) is 0 Å². The molecule has 0 unspecified atom stereocenters. The molecule has 2 saturated heterocycles. The predicted molar refractivity (Wildman–Crippen MR) is 87.1 cm³/mol. The number of quaternary nitrogens is 1. The van der Waals surface area contributed by atoms with Crippen LogP contribution in [-0.4, -0.2) is 64.4 Å². The van der Waals surface area contributed by atoms with Gasteiger partial charge < -0.3 is 15.4 Å². The van der Waals surface area contributed by atoms with Crippen LogP contribution in [0.1, 0.15) is 0 Å². The van der Waals surface area contributed by atoms with Crippen LogP contribution in [0.5, 0.6) is 0 Å². The lowest BCUT2D eigenvalue weighted by Gasteiger charge is -2.43. The second-order valence-electron chi connectivity index (χ2n) is 6.46. The summed E-state index contributed by atoms with van der Waals surface area (Å²) in [6.45, 7) is 5.91. The standard InChI is InChI=1S/C15H26N5O/c1-20(2,17)14-5-3-4-13(15(14)16)19-8-6-18(7-9-19)12-10-21-11-12/h3-5,12H,6-11,16-17H2,1-2H3/q+1. The molecule has 2 heterocycles. The topological polar surface area (TPSA) is 67.8 Å². The molecule has 0 atom stereocenters. The molecule has 0 aliphatic carbocycles. The van der Waals surface area contributed by atoms with Crippen LogP contribution in [-0.2, 0) is 4.74 Å². The summed E-state index contributed by atoms with van der Waals surface area (Å²) in [6, 6.07) is 6.76. The van der Waals surface area contributed by atoms with Gasteiger partial charge in [0.2, 0.25) is 0 Å². The maximum Gasteiger partial charge on any atom is 0.176 e. The number of nitrogens with zero attached hydrogens (tertiary/aromatic N) is 3. The maximum absolute atomic E-state index is 6.36. The normalized spacial score (nSPS) is 21.4. The van der Waals surface area contributed by atoms with E-state index in [0.29, 0.717) is 6.04 Å². The average molecular weight is 292 g/mol. The van der Waals surface area contributed by atoms with Crippen molar-refractivity contribution in [2.45, 2.75) is 6.04 Å². The van der Waals surface area contributed by atoms with Crippen molar-refractivity contribution >= 4 is 17.1 Å². The molecule has 3 rings (SSSR count). The predicted octanol–water partition coefficient (Wildman–Crippen LogP) is 0.230. The number of anilines is 2. The number of benzene rings is 1. The largest absolute Gasteiger partial charge is 0.392 e. The third-order valence-electron chi connectivity index (χ3n) is 4.47. The molecule has 21 heavy (non-hydrogen) atoms. The Balaban J connectivity index is 1.73. The van der Waals surface area contributed by atoms with Crippen molar-refractivity contribution in [3.05, 3.63) is 18.2 Å². The van der Waals surface area contributed by atoms with Gasteiger partial charge in [0.05, 0.1) is 39.0 Å². The van der Waals surface area contributed by atoms with Crippen molar-refractivity contribution in [1.82, 2.24) is 9.49 Å². The highest BCUT2D eigenvalue weighted by atomic mass is 16.5. The molecule has 2 aliphatic heterocycles. The molecule has 0 radical (unpaired) electrons. The third kappa shape index (κ3) is 2.85. The molecule has 0 aromatic heterocycles. The zero-order chi connectivity index (χ0) is 15.0. The Kier molecular flexibility index (Phi) is 3.79. The molecular formula is C15H26N5O+. The number of rotatable bonds is 3. The Morgan fingerprint density at radius 2 is 1.81 bits per heavy atom. The van der Waals surface area contributed by atoms with E-state index in [1.807, 2.05) is 26.2 Å². The monoisotopic (exact) mass is 292 g/mol. The summed E-state index contributed by atoms with van der Waals surface area (Å²) in [5.74, 6) is 6.16. The first kappa shape index (κ1) is 14.6. The van der Waals surface area contributed by atoms with E-state index in [0.717, 1.165) is 56.5 Å². The first-order valence-electron chi connectivity index (χ1n) is 7.55. The van der Waals surface area contributed by atoms with Crippen molar-refractivity contribution < 1.29 is 4.74 Å². The summed E-state index contributed by atoms with van der Waals surface area (Å²) in [6.07, 6.45) is 0. The molecule has 6 heteroatoms. The number of para-hydroxylation sites is 1. The number of ether oxygens (including phenoxy) is 1. The van der Waals surface area contributed by atoms with Crippen LogP contribution in [0.3, 0.4) is 0 Å². The molecule has 1 aromatic rings. The Morgan fingerprint density at radius 1 is 1.14 bits per heavy atom. The number of hydrogen-bond donors (Lipinski definition) is 2. The van der Waals surface area contributed by atoms with Crippen molar-refractivity contribution in [1.29, 1.82) is 0 Å². The van der Waals surface area contributed by atoms with Crippen LogP contribution in [0.2, 0.25) is 0 Å². The van der Waals surface area contributed by atoms with Gasteiger partial charge >= 0.3 is 0 Å². The quantitative estimate of drug-likeness (QED) is 0.361. The van der Waals surface area contributed by atoms with Crippen LogP contribution in [0, 0.1) is 0 Å². The van der Waals surface area contributed by atoms with Gasteiger partial charge in [-0.1, -0.05) is 6.07 Å². The minimum atomic E-state index is 0.249. The van der Waals surface area contributed by atoms with Gasteiger partial charge in [0.15, 0.2) is 5.69 Å². The first-order chi connectivity index (χ1) is 9.97. The van der Waals surface area contributed by atoms with Gasteiger partial charge in [-0.2, -0.15) is 5.84 Å². The van der Waals surface area contributed by atoms with Crippen LogP contribution >= 0.6 is 0 Å². The lowest BCUT2D eigenvalue weighted by atomic mass is 10.1. The highest BCUT2D eigenvalue weighted by molar-refractivity contribution is 5.80. The smallest absolute Gasteiger partial charge is 0.176 e. The summed E-state index contributed by atoms with van der Waals surface area (Å²) in [4.78, 5) is 4.88. The van der Waals surface area contributed by atoms with Gasteiger partial charge in [0, 0.05) is 32.2 Å². The van der Waals surface area contributed by atoms with Gasteiger partial charge in [-0.15, -0.1) is 0 Å². The molecule has 6 nitrogen and oxygen atoms in total. The fraction of sp³-hybridized carbons (Fsp3) is 0.600. The molecule has 2 fully saturated rings. The summed E-state index contributed by atoms with van der Waals surface area (Å²) in [7, 11) is 3.87. The summed E-state index contributed by atoms with van der Waals surface area (Å²) in [5.41, 5.74) is 9.22. The molecule has 0 bridgehead atoms. The van der Waals surface area contributed by atoms with E-state index in [2.05, 4.69) is 15.9 Å². The molecule has 0 spiro atoms. The van der Waals surface area contributed by atoms with E-state index < -0.39 is 0 Å². The van der Waals surface area contributed by atoms with Crippen LogP contribution in [0.4, 0.5) is 17.1 Å².